The Morgan fingerprint density at radius 1 is 1.12 bits per heavy atom. The highest BCUT2D eigenvalue weighted by Crippen LogP contribution is 2.23. The minimum Gasteiger partial charge on any atom is -0.451 e. The van der Waals surface area contributed by atoms with Crippen LogP contribution in [0.4, 0.5) is 4.39 Å². The molecule has 0 fully saturated rings. The number of benzene rings is 1. The van der Waals surface area contributed by atoms with Crippen molar-refractivity contribution in [2.75, 3.05) is 13.6 Å². The molecular weight excluding hydrogens is 307 g/mol. The lowest BCUT2D eigenvalue weighted by Gasteiger charge is -2.15. The van der Waals surface area contributed by atoms with Crippen LogP contribution in [0.1, 0.15) is 16.2 Å². The topological polar surface area (TPSA) is 46.3 Å². The van der Waals surface area contributed by atoms with Crippen molar-refractivity contribution < 1.29 is 13.6 Å². The molecule has 4 nitrogen and oxygen atoms in total. The van der Waals surface area contributed by atoms with E-state index < -0.39 is 0 Å². The first-order valence-corrected chi connectivity index (χ1v) is 7.64. The van der Waals surface area contributed by atoms with Gasteiger partial charge in [0.25, 0.3) is 5.91 Å². The fraction of sp³-hybridized carbons (Fsp3) is 0.158. The van der Waals surface area contributed by atoms with Gasteiger partial charge in [-0.1, -0.05) is 6.07 Å². The number of furan rings is 1. The molecule has 0 spiro atoms. The maximum atomic E-state index is 13.0. The van der Waals surface area contributed by atoms with Gasteiger partial charge in [0.05, 0.1) is 0 Å². The van der Waals surface area contributed by atoms with Crippen LogP contribution in [0, 0.1) is 5.82 Å². The number of nitrogens with zero attached hydrogens (tertiary/aromatic N) is 2. The summed E-state index contributed by atoms with van der Waals surface area (Å²) in [4.78, 5) is 18.3. The molecule has 5 heteroatoms. The molecule has 122 valence electrons. The summed E-state index contributed by atoms with van der Waals surface area (Å²) in [5.74, 6) is 0.296. The lowest BCUT2D eigenvalue weighted by Crippen LogP contribution is -2.28. The lowest BCUT2D eigenvalue weighted by atomic mass is 10.2. The van der Waals surface area contributed by atoms with Gasteiger partial charge in [0.15, 0.2) is 5.76 Å². The number of hydrogen-bond donors (Lipinski definition) is 0. The first-order chi connectivity index (χ1) is 11.6. The third kappa shape index (κ3) is 3.68. The minimum absolute atomic E-state index is 0.195. The molecule has 2 aromatic heterocycles. The maximum absolute atomic E-state index is 13.0. The van der Waals surface area contributed by atoms with E-state index in [1.165, 1.54) is 12.1 Å². The van der Waals surface area contributed by atoms with Crippen LogP contribution in [0.3, 0.4) is 0 Å². The Hall–Kier alpha value is -2.95. The molecule has 3 aromatic rings. The molecule has 1 amide bonds. The smallest absolute Gasteiger partial charge is 0.289 e. The van der Waals surface area contributed by atoms with E-state index in [1.807, 2.05) is 18.2 Å². The first kappa shape index (κ1) is 15.9. The second-order valence-electron chi connectivity index (χ2n) is 5.47. The average Bonchev–Trinajstić information content (AvgIpc) is 3.10. The van der Waals surface area contributed by atoms with Crippen molar-refractivity contribution in [3.05, 3.63) is 78.1 Å². The zero-order chi connectivity index (χ0) is 16.9. The van der Waals surface area contributed by atoms with Gasteiger partial charge in [-0.15, -0.1) is 0 Å². The molecule has 0 radical (unpaired) electrons. The van der Waals surface area contributed by atoms with Gasteiger partial charge in [-0.2, -0.15) is 0 Å². The van der Waals surface area contributed by atoms with Crippen LogP contribution < -0.4 is 0 Å². The Kier molecular flexibility index (Phi) is 4.70. The quantitative estimate of drug-likeness (QED) is 0.717. The Morgan fingerprint density at radius 2 is 1.92 bits per heavy atom. The van der Waals surface area contributed by atoms with E-state index in [9.17, 15) is 9.18 Å². The summed E-state index contributed by atoms with van der Waals surface area (Å²) in [5, 5.41) is 0. The number of halogens is 1. The van der Waals surface area contributed by atoms with Gasteiger partial charge >= 0.3 is 0 Å². The van der Waals surface area contributed by atoms with Crippen LogP contribution in [-0.2, 0) is 6.42 Å². The molecule has 24 heavy (non-hydrogen) atoms. The second kappa shape index (κ2) is 7.08. The molecule has 0 bridgehead atoms. The van der Waals surface area contributed by atoms with E-state index >= 15 is 0 Å². The molecule has 1 aromatic carbocycles. The van der Waals surface area contributed by atoms with Crippen molar-refractivity contribution in [3.8, 4) is 11.3 Å². The van der Waals surface area contributed by atoms with Crippen molar-refractivity contribution >= 4 is 5.91 Å². The predicted molar refractivity (Wildman–Crippen MR) is 89.0 cm³/mol. The summed E-state index contributed by atoms with van der Waals surface area (Å²) in [5.41, 5.74) is 1.66. The largest absolute Gasteiger partial charge is 0.451 e. The number of aromatic nitrogens is 1. The molecule has 0 aliphatic heterocycles. The first-order valence-electron chi connectivity index (χ1n) is 7.64. The number of carbonyl (C=O) groups excluding carboxylic acids is 1. The highest BCUT2D eigenvalue weighted by Gasteiger charge is 2.16. The molecule has 0 saturated carbocycles. The van der Waals surface area contributed by atoms with Crippen LogP contribution in [0.5, 0.6) is 0 Å². The Bertz CT molecular complexity index is 813. The van der Waals surface area contributed by atoms with Crippen LogP contribution in [-0.4, -0.2) is 29.4 Å². The molecule has 0 aliphatic rings. The van der Waals surface area contributed by atoms with E-state index in [2.05, 4.69) is 4.98 Å². The van der Waals surface area contributed by atoms with Gasteiger partial charge in [-0.3, -0.25) is 9.78 Å². The third-order valence-electron chi connectivity index (χ3n) is 3.72. The highest BCUT2D eigenvalue weighted by atomic mass is 19.1. The van der Waals surface area contributed by atoms with Gasteiger partial charge in [0.2, 0.25) is 0 Å². The van der Waals surface area contributed by atoms with Gasteiger partial charge in [0.1, 0.15) is 11.6 Å². The van der Waals surface area contributed by atoms with E-state index in [0.717, 1.165) is 11.3 Å². The van der Waals surface area contributed by atoms with Crippen LogP contribution in [0.2, 0.25) is 0 Å². The Balaban J connectivity index is 1.65. The summed E-state index contributed by atoms with van der Waals surface area (Å²) in [6, 6.07) is 15.0. The summed E-state index contributed by atoms with van der Waals surface area (Å²) in [6.07, 6.45) is 2.41. The average molecular weight is 324 g/mol. The number of pyridine rings is 1. The summed E-state index contributed by atoms with van der Waals surface area (Å²) >= 11 is 0. The molecule has 0 saturated heterocycles. The van der Waals surface area contributed by atoms with Gasteiger partial charge < -0.3 is 9.32 Å². The molecule has 0 N–H and O–H groups in total. The van der Waals surface area contributed by atoms with Crippen LogP contribution in [0.15, 0.2) is 65.2 Å². The standard InChI is InChI=1S/C19H17FN2O2/c1-22(13-11-16-4-2-3-12-21-16)19(23)18-10-9-17(24-18)14-5-7-15(20)8-6-14/h2-10,12H,11,13H2,1H3. The third-order valence-corrected chi connectivity index (χ3v) is 3.72. The van der Waals surface area contributed by atoms with Crippen molar-refractivity contribution in [3.63, 3.8) is 0 Å². The van der Waals surface area contributed by atoms with Crippen molar-refractivity contribution in [2.45, 2.75) is 6.42 Å². The normalized spacial score (nSPS) is 10.6. The molecule has 3 rings (SSSR count). The Morgan fingerprint density at radius 3 is 2.62 bits per heavy atom. The summed E-state index contributed by atoms with van der Waals surface area (Å²) in [7, 11) is 1.73. The number of hydrogen-bond acceptors (Lipinski definition) is 3. The van der Waals surface area contributed by atoms with Gasteiger partial charge in [-0.05, 0) is 48.5 Å². The fourth-order valence-corrected chi connectivity index (χ4v) is 2.34. The molecule has 0 aliphatic carbocycles. The number of likely N-dealkylation sites (N-methyl/N-ethyl adjacent to an activating group) is 1. The summed E-state index contributed by atoms with van der Waals surface area (Å²) in [6.45, 7) is 0.544. The molecule has 0 unspecified atom stereocenters. The van der Waals surface area contributed by atoms with Gasteiger partial charge in [-0.25, -0.2) is 4.39 Å². The monoisotopic (exact) mass is 324 g/mol. The van der Waals surface area contributed by atoms with Crippen LogP contribution >= 0.6 is 0 Å². The highest BCUT2D eigenvalue weighted by molar-refractivity contribution is 5.91. The number of carbonyl (C=O) groups is 1. The zero-order valence-corrected chi connectivity index (χ0v) is 13.3. The molecular formula is C19H17FN2O2. The van der Waals surface area contributed by atoms with Crippen molar-refractivity contribution in [2.24, 2.45) is 0 Å². The van der Waals surface area contributed by atoms with Crippen molar-refractivity contribution in [1.29, 1.82) is 0 Å². The summed E-state index contributed by atoms with van der Waals surface area (Å²) < 4.78 is 18.6. The lowest BCUT2D eigenvalue weighted by molar-refractivity contribution is 0.0766. The van der Waals surface area contributed by atoms with E-state index in [4.69, 9.17) is 4.42 Å². The number of rotatable bonds is 5. The fourth-order valence-electron chi connectivity index (χ4n) is 2.34. The SMILES string of the molecule is CN(CCc1ccccn1)C(=O)c1ccc(-c2ccc(F)cc2)o1. The van der Waals surface area contributed by atoms with Gasteiger partial charge in [0, 0.05) is 37.5 Å². The van der Waals surface area contributed by atoms with E-state index in [0.29, 0.717) is 18.7 Å². The minimum atomic E-state index is -0.309. The number of amides is 1. The maximum Gasteiger partial charge on any atom is 0.289 e. The second-order valence-corrected chi connectivity index (χ2v) is 5.47. The van der Waals surface area contributed by atoms with E-state index in [-0.39, 0.29) is 17.5 Å². The van der Waals surface area contributed by atoms with Crippen molar-refractivity contribution in [1.82, 2.24) is 9.88 Å². The Labute approximate surface area is 139 Å². The van der Waals surface area contributed by atoms with E-state index in [1.54, 1.807) is 42.4 Å². The van der Waals surface area contributed by atoms with Crippen LogP contribution in [0.25, 0.3) is 11.3 Å². The predicted octanol–water partition coefficient (Wildman–Crippen LogP) is 3.80. The molecule has 2 heterocycles. The molecule has 0 atom stereocenters. The zero-order valence-electron chi connectivity index (χ0n) is 13.3.